The maximum Gasteiger partial charge on any atom is 0.303 e. The Kier molecular flexibility index (Phi) is 4.42. The molecule has 7 heteroatoms. The molecule has 0 saturated carbocycles. The van der Waals surface area contributed by atoms with E-state index < -0.39 is 5.97 Å². The molecule has 2 aromatic heterocycles. The van der Waals surface area contributed by atoms with Gasteiger partial charge in [0.1, 0.15) is 5.82 Å². The van der Waals surface area contributed by atoms with Crippen molar-refractivity contribution in [1.82, 2.24) is 19.2 Å². The first-order valence-corrected chi connectivity index (χ1v) is 8.76. The fraction of sp³-hybridized carbons (Fsp3) is 0.200. The fourth-order valence-corrected chi connectivity index (χ4v) is 3.28. The molecule has 4 aromatic rings. The van der Waals surface area contributed by atoms with Crippen LogP contribution in [0.5, 0.6) is 0 Å². The van der Waals surface area contributed by atoms with E-state index in [1.54, 1.807) is 15.0 Å². The number of carboxylic acids is 1. The molecule has 0 aliphatic carbocycles. The predicted octanol–water partition coefficient (Wildman–Crippen LogP) is 2.30. The normalized spacial score (nSPS) is 11.3. The monoisotopic (exact) mass is 362 g/mol. The Morgan fingerprint density at radius 1 is 0.963 bits per heavy atom. The molecule has 0 fully saturated rings. The third-order valence-corrected chi connectivity index (χ3v) is 4.60. The van der Waals surface area contributed by atoms with Crippen LogP contribution in [0.25, 0.3) is 16.7 Å². The number of hydrogen-bond donors (Lipinski definition) is 1. The van der Waals surface area contributed by atoms with Gasteiger partial charge in [-0.3, -0.25) is 18.6 Å². The number of aryl methyl sites for hydroxylation is 3. The van der Waals surface area contributed by atoms with Gasteiger partial charge in [-0.25, -0.2) is 0 Å². The van der Waals surface area contributed by atoms with Crippen LogP contribution in [0.3, 0.4) is 0 Å². The van der Waals surface area contributed by atoms with Crippen molar-refractivity contribution in [3.8, 4) is 0 Å². The molecule has 7 nitrogen and oxygen atoms in total. The number of aliphatic carboxylic acids is 1. The van der Waals surface area contributed by atoms with Gasteiger partial charge in [-0.2, -0.15) is 0 Å². The summed E-state index contributed by atoms with van der Waals surface area (Å²) in [5, 5.41) is 17.9. The van der Waals surface area contributed by atoms with Crippen molar-refractivity contribution < 1.29 is 9.90 Å². The van der Waals surface area contributed by atoms with Crippen LogP contribution in [0, 0.1) is 0 Å². The maximum absolute atomic E-state index is 13.0. The number of hydrogen-bond acceptors (Lipinski definition) is 4. The summed E-state index contributed by atoms with van der Waals surface area (Å²) in [6.45, 7) is 0.467. The first kappa shape index (κ1) is 17.0. The van der Waals surface area contributed by atoms with Gasteiger partial charge in [-0.05, 0) is 24.1 Å². The van der Waals surface area contributed by atoms with Crippen molar-refractivity contribution in [3.63, 3.8) is 0 Å². The highest BCUT2D eigenvalue weighted by Gasteiger charge is 2.16. The van der Waals surface area contributed by atoms with E-state index in [4.69, 9.17) is 5.11 Å². The van der Waals surface area contributed by atoms with Gasteiger partial charge in [0.15, 0.2) is 0 Å². The fourth-order valence-electron chi connectivity index (χ4n) is 3.28. The summed E-state index contributed by atoms with van der Waals surface area (Å²) in [5.41, 5.74) is 1.70. The maximum atomic E-state index is 13.0. The number of fused-ring (bicyclic) bond motifs is 3. The van der Waals surface area contributed by atoms with E-state index in [0.29, 0.717) is 35.5 Å². The molecule has 0 atom stereocenters. The van der Waals surface area contributed by atoms with Crippen LogP contribution in [0.4, 0.5) is 0 Å². The Morgan fingerprint density at radius 3 is 2.48 bits per heavy atom. The van der Waals surface area contributed by atoms with Crippen LogP contribution in [-0.4, -0.2) is 30.2 Å². The molecular weight excluding hydrogens is 344 g/mol. The first-order chi connectivity index (χ1) is 13.1. The zero-order chi connectivity index (χ0) is 18.8. The van der Waals surface area contributed by atoms with Gasteiger partial charge in [-0.15, -0.1) is 10.2 Å². The molecule has 4 rings (SSSR count). The number of para-hydroxylation sites is 1. The average molecular weight is 362 g/mol. The van der Waals surface area contributed by atoms with E-state index in [0.717, 1.165) is 5.56 Å². The van der Waals surface area contributed by atoms with Gasteiger partial charge in [0, 0.05) is 13.0 Å². The molecule has 2 aromatic carbocycles. The zero-order valence-electron chi connectivity index (χ0n) is 14.6. The average Bonchev–Trinajstić information content (AvgIpc) is 3.11. The van der Waals surface area contributed by atoms with Crippen molar-refractivity contribution in [2.45, 2.75) is 25.8 Å². The molecule has 0 aliphatic rings. The third kappa shape index (κ3) is 3.19. The Bertz CT molecular complexity index is 1180. The molecule has 0 saturated heterocycles. The smallest absolute Gasteiger partial charge is 0.303 e. The second kappa shape index (κ2) is 7.03. The predicted molar refractivity (Wildman–Crippen MR) is 101 cm³/mol. The summed E-state index contributed by atoms with van der Waals surface area (Å²) in [7, 11) is 0. The lowest BCUT2D eigenvalue weighted by Crippen LogP contribution is -2.24. The van der Waals surface area contributed by atoms with E-state index >= 15 is 0 Å². The summed E-state index contributed by atoms with van der Waals surface area (Å²) in [6, 6.07) is 17.2. The largest absolute Gasteiger partial charge is 0.481 e. The quantitative estimate of drug-likeness (QED) is 0.568. The lowest BCUT2D eigenvalue weighted by atomic mass is 10.1. The minimum Gasteiger partial charge on any atom is -0.481 e. The van der Waals surface area contributed by atoms with E-state index in [-0.39, 0.29) is 18.4 Å². The lowest BCUT2D eigenvalue weighted by molar-refractivity contribution is -0.137. The molecule has 0 unspecified atom stereocenters. The first-order valence-electron chi connectivity index (χ1n) is 8.76. The van der Waals surface area contributed by atoms with Crippen molar-refractivity contribution >= 4 is 22.6 Å². The number of nitrogens with zero attached hydrogens (tertiary/aromatic N) is 4. The molecule has 1 N–H and O–H groups in total. The molecular formula is C20H18N4O3. The van der Waals surface area contributed by atoms with Gasteiger partial charge in [-0.1, -0.05) is 42.5 Å². The molecule has 0 radical (unpaired) electrons. The summed E-state index contributed by atoms with van der Waals surface area (Å²) < 4.78 is 3.41. The van der Waals surface area contributed by atoms with Crippen LogP contribution < -0.4 is 5.56 Å². The molecule has 0 amide bonds. The Labute approximate surface area is 154 Å². The van der Waals surface area contributed by atoms with Crippen LogP contribution >= 0.6 is 0 Å². The SMILES string of the molecule is O=C(O)CCc1nnc2n(CCc3ccccc3)c(=O)c3ccccc3n12. The highest BCUT2D eigenvalue weighted by atomic mass is 16.4. The second-order valence-electron chi connectivity index (χ2n) is 6.35. The van der Waals surface area contributed by atoms with Crippen LogP contribution in [0.1, 0.15) is 17.8 Å². The molecule has 0 bridgehead atoms. The lowest BCUT2D eigenvalue weighted by Gasteiger charge is -2.11. The van der Waals surface area contributed by atoms with Gasteiger partial charge in [0.05, 0.1) is 17.3 Å². The van der Waals surface area contributed by atoms with Crippen molar-refractivity contribution in [2.24, 2.45) is 0 Å². The van der Waals surface area contributed by atoms with Gasteiger partial charge in [0.25, 0.3) is 5.56 Å². The van der Waals surface area contributed by atoms with Crippen LogP contribution in [-0.2, 0) is 24.2 Å². The topological polar surface area (TPSA) is 89.5 Å². The standard InChI is InChI=1S/C20H18N4O3/c25-18(26)11-10-17-21-22-20-23(13-12-14-6-2-1-3-7-14)19(27)15-8-4-5-9-16(15)24(17)20/h1-9H,10-13H2,(H,25,26). The molecule has 0 spiro atoms. The second-order valence-corrected chi connectivity index (χ2v) is 6.35. The highest BCUT2D eigenvalue weighted by Crippen LogP contribution is 2.16. The van der Waals surface area contributed by atoms with Crippen LogP contribution in [0.2, 0.25) is 0 Å². The van der Waals surface area contributed by atoms with Gasteiger partial charge < -0.3 is 5.11 Å². The number of carboxylic acid groups (broad SMARTS) is 1. The minimum absolute atomic E-state index is 0.0434. The number of aromatic nitrogens is 4. The number of rotatable bonds is 6. The number of carbonyl (C=O) groups is 1. The van der Waals surface area contributed by atoms with E-state index in [2.05, 4.69) is 10.2 Å². The summed E-state index contributed by atoms with van der Waals surface area (Å²) >= 11 is 0. The van der Waals surface area contributed by atoms with E-state index in [1.807, 2.05) is 48.5 Å². The molecule has 0 aliphatic heterocycles. The van der Waals surface area contributed by atoms with Gasteiger partial charge >= 0.3 is 5.97 Å². The summed E-state index contributed by atoms with van der Waals surface area (Å²) in [5.74, 6) is 0.0838. The van der Waals surface area contributed by atoms with E-state index in [1.165, 1.54) is 0 Å². The third-order valence-electron chi connectivity index (χ3n) is 4.60. The highest BCUT2D eigenvalue weighted by molar-refractivity contribution is 5.80. The summed E-state index contributed by atoms with van der Waals surface area (Å²) in [4.78, 5) is 24.0. The molecule has 136 valence electrons. The minimum atomic E-state index is -0.895. The zero-order valence-corrected chi connectivity index (χ0v) is 14.6. The molecule has 27 heavy (non-hydrogen) atoms. The van der Waals surface area contributed by atoms with Gasteiger partial charge in [0.2, 0.25) is 5.78 Å². The van der Waals surface area contributed by atoms with Crippen molar-refractivity contribution in [2.75, 3.05) is 0 Å². The van der Waals surface area contributed by atoms with Crippen molar-refractivity contribution in [3.05, 3.63) is 76.3 Å². The van der Waals surface area contributed by atoms with Crippen LogP contribution in [0.15, 0.2) is 59.4 Å². The Morgan fingerprint density at radius 2 is 1.70 bits per heavy atom. The summed E-state index contributed by atoms with van der Waals surface area (Å²) in [6.07, 6.45) is 0.891. The van der Waals surface area contributed by atoms with E-state index in [9.17, 15) is 9.59 Å². The molecule has 2 heterocycles. The number of benzene rings is 2. The Hall–Kier alpha value is -3.48. The van der Waals surface area contributed by atoms with Crippen molar-refractivity contribution in [1.29, 1.82) is 0 Å². The Balaban J connectivity index is 1.85.